The van der Waals surface area contributed by atoms with Crippen molar-refractivity contribution >= 4 is 62.5 Å². The Labute approximate surface area is 166 Å². The fourth-order valence-electron chi connectivity index (χ4n) is 1.96. The van der Waals surface area contributed by atoms with Crippen LogP contribution in [0.4, 0.5) is 5.69 Å². The summed E-state index contributed by atoms with van der Waals surface area (Å²) in [6, 6.07) is 12.5. The van der Waals surface area contributed by atoms with E-state index in [1.807, 2.05) is 18.2 Å². The Morgan fingerprint density at radius 2 is 1.96 bits per heavy atom. The molecule has 0 aliphatic rings. The number of halogens is 3. The van der Waals surface area contributed by atoms with Crippen LogP contribution in [0.2, 0.25) is 10.0 Å². The molecule has 0 radical (unpaired) electrons. The highest BCUT2D eigenvalue weighted by atomic mass is 79.9. The zero-order valence-corrected chi connectivity index (χ0v) is 16.5. The molecule has 1 amide bonds. The SMILES string of the molecule is O=C(CSc1n[nH]c(-c2ccc(Cl)cc2)n1)Nc1ccc(Br)cc1Cl. The molecule has 0 bridgehead atoms. The summed E-state index contributed by atoms with van der Waals surface area (Å²) in [5, 5.41) is 11.3. The van der Waals surface area contributed by atoms with E-state index in [1.165, 1.54) is 11.8 Å². The minimum atomic E-state index is -0.188. The largest absolute Gasteiger partial charge is 0.324 e. The number of carbonyl (C=O) groups is 1. The van der Waals surface area contributed by atoms with E-state index in [-0.39, 0.29) is 11.7 Å². The third-order valence-corrected chi connectivity index (χ3v) is 5.03. The molecule has 0 saturated heterocycles. The van der Waals surface area contributed by atoms with Crippen molar-refractivity contribution in [2.24, 2.45) is 0 Å². The van der Waals surface area contributed by atoms with E-state index < -0.39 is 0 Å². The molecule has 1 heterocycles. The molecular weight excluding hydrogens is 447 g/mol. The maximum atomic E-state index is 12.1. The van der Waals surface area contributed by atoms with Gasteiger partial charge in [0.1, 0.15) is 0 Å². The average molecular weight is 458 g/mol. The maximum absolute atomic E-state index is 12.1. The normalized spacial score (nSPS) is 10.7. The number of aromatic nitrogens is 3. The van der Waals surface area contributed by atoms with Gasteiger partial charge in [-0.05, 0) is 42.5 Å². The van der Waals surface area contributed by atoms with Gasteiger partial charge in [-0.1, -0.05) is 50.9 Å². The zero-order chi connectivity index (χ0) is 17.8. The van der Waals surface area contributed by atoms with Crippen molar-refractivity contribution < 1.29 is 4.79 Å². The lowest BCUT2D eigenvalue weighted by molar-refractivity contribution is -0.113. The Kier molecular flexibility index (Phi) is 6.01. The van der Waals surface area contributed by atoms with Crippen LogP contribution in [-0.2, 0) is 4.79 Å². The average Bonchev–Trinajstić information content (AvgIpc) is 3.05. The molecule has 3 rings (SSSR count). The lowest BCUT2D eigenvalue weighted by Gasteiger charge is -2.06. The number of carbonyl (C=O) groups excluding carboxylic acids is 1. The molecule has 0 fully saturated rings. The van der Waals surface area contributed by atoms with Crippen molar-refractivity contribution in [1.82, 2.24) is 15.2 Å². The number of aromatic amines is 1. The van der Waals surface area contributed by atoms with Crippen LogP contribution in [0.1, 0.15) is 0 Å². The number of hydrogen-bond donors (Lipinski definition) is 2. The lowest BCUT2D eigenvalue weighted by atomic mass is 10.2. The van der Waals surface area contributed by atoms with Crippen molar-refractivity contribution in [3.63, 3.8) is 0 Å². The molecule has 0 unspecified atom stereocenters. The third-order valence-electron chi connectivity index (χ3n) is 3.12. The minimum Gasteiger partial charge on any atom is -0.324 e. The van der Waals surface area contributed by atoms with E-state index >= 15 is 0 Å². The van der Waals surface area contributed by atoms with E-state index in [1.54, 1.807) is 24.3 Å². The summed E-state index contributed by atoms with van der Waals surface area (Å²) in [7, 11) is 0. The summed E-state index contributed by atoms with van der Waals surface area (Å²) in [4.78, 5) is 16.4. The number of nitrogens with one attached hydrogen (secondary N) is 2. The molecule has 0 aliphatic heterocycles. The first-order chi connectivity index (χ1) is 12.0. The highest BCUT2D eigenvalue weighted by molar-refractivity contribution is 9.10. The van der Waals surface area contributed by atoms with E-state index in [0.29, 0.717) is 26.7 Å². The van der Waals surface area contributed by atoms with Crippen molar-refractivity contribution in [2.75, 3.05) is 11.1 Å². The van der Waals surface area contributed by atoms with Gasteiger partial charge in [0.05, 0.1) is 16.5 Å². The first-order valence-corrected chi connectivity index (χ1v) is 9.61. The van der Waals surface area contributed by atoms with Gasteiger partial charge in [-0.25, -0.2) is 4.98 Å². The molecule has 0 aliphatic carbocycles. The second-order valence-electron chi connectivity index (χ2n) is 4.93. The summed E-state index contributed by atoms with van der Waals surface area (Å²) >= 11 is 16.5. The van der Waals surface area contributed by atoms with Crippen LogP contribution in [0.3, 0.4) is 0 Å². The van der Waals surface area contributed by atoms with Gasteiger partial charge in [-0.15, -0.1) is 5.10 Å². The van der Waals surface area contributed by atoms with Crippen molar-refractivity contribution in [2.45, 2.75) is 5.16 Å². The number of benzene rings is 2. The smallest absolute Gasteiger partial charge is 0.234 e. The first-order valence-electron chi connectivity index (χ1n) is 7.07. The number of H-pyrrole nitrogens is 1. The Bertz CT molecular complexity index is 901. The highest BCUT2D eigenvalue weighted by Gasteiger charge is 2.10. The Hall–Kier alpha value is -1.54. The predicted molar refractivity (Wildman–Crippen MR) is 105 cm³/mol. The Morgan fingerprint density at radius 3 is 2.68 bits per heavy atom. The number of thioether (sulfide) groups is 1. The van der Waals surface area contributed by atoms with E-state index in [2.05, 4.69) is 36.4 Å². The van der Waals surface area contributed by atoms with Gasteiger partial charge in [-0.3, -0.25) is 9.89 Å². The summed E-state index contributed by atoms with van der Waals surface area (Å²) in [5.74, 6) is 0.604. The summed E-state index contributed by atoms with van der Waals surface area (Å²) < 4.78 is 0.848. The molecule has 9 heteroatoms. The predicted octanol–water partition coefficient (Wildman–Crippen LogP) is 5.27. The topological polar surface area (TPSA) is 70.7 Å². The quantitative estimate of drug-likeness (QED) is 0.512. The number of nitrogens with zero attached hydrogens (tertiary/aromatic N) is 2. The van der Waals surface area contributed by atoms with Gasteiger partial charge >= 0.3 is 0 Å². The molecule has 25 heavy (non-hydrogen) atoms. The maximum Gasteiger partial charge on any atom is 0.234 e. The second kappa shape index (κ2) is 8.23. The first kappa shape index (κ1) is 18.3. The van der Waals surface area contributed by atoms with Crippen LogP contribution >= 0.6 is 50.9 Å². The molecule has 0 atom stereocenters. The molecule has 1 aromatic heterocycles. The number of anilines is 1. The molecule has 2 N–H and O–H groups in total. The number of rotatable bonds is 5. The van der Waals surface area contributed by atoms with Crippen LogP contribution in [-0.4, -0.2) is 26.8 Å². The van der Waals surface area contributed by atoms with Gasteiger partial charge in [0.15, 0.2) is 5.82 Å². The number of hydrogen-bond acceptors (Lipinski definition) is 4. The van der Waals surface area contributed by atoms with Crippen LogP contribution in [0.15, 0.2) is 52.1 Å². The summed E-state index contributed by atoms with van der Waals surface area (Å²) in [6.07, 6.45) is 0. The van der Waals surface area contributed by atoms with Crippen LogP contribution < -0.4 is 5.32 Å². The highest BCUT2D eigenvalue weighted by Crippen LogP contribution is 2.26. The monoisotopic (exact) mass is 456 g/mol. The molecular formula is C16H11BrCl2N4OS. The molecule has 128 valence electrons. The molecule has 0 spiro atoms. The van der Waals surface area contributed by atoms with Crippen molar-refractivity contribution in [1.29, 1.82) is 0 Å². The second-order valence-corrected chi connectivity index (χ2v) is 7.64. The van der Waals surface area contributed by atoms with Crippen LogP contribution in [0.25, 0.3) is 11.4 Å². The van der Waals surface area contributed by atoms with E-state index in [9.17, 15) is 4.79 Å². The van der Waals surface area contributed by atoms with E-state index in [0.717, 1.165) is 10.0 Å². The standard InChI is InChI=1S/C16H11BrCl2N4OS/c17-10-3-6-13(12(19)7-10)20-14(24)8-25-16-21-15(22-23-16)9-1-4-11(18)5-2-9/h1-7H,8H2,(H,20,24)(H,21,22,23). The fraction of sp³-hybridized carbons (Fsp3) is 0.0625. The van der Waals surface area contributed by atoms with Crippen molar-refractivity contribution in [3.8, 4) is 11.4 Å². The summed E-state index contributed by atoms with van der Waals surface area (Å²) in [5.41, 5.74) is 1.43. The van der Waals surface area contributed by atoms with Gasteiger partial charge in [0.2, 0.25) is 11.1 Å². The van der Waals surface area contributed by atoms with E-state index in [4.69, 9.17) is 23.2 Å². The van der Waals surface area contributed by atoms with Crippen LogP contribution in [0.5, 0.6) is 0 Å². The fourth-order valence-corrected chi connectivity index (χ4v) is 3.40. The van der Waals surface area contributed by atoms with Crippen LogP contribution in [0, 0.1) is 0 Å². The minimum absolute atomic E-state index is 0.171. The molecule has 5 nitrogen and oxygen atoms in total. The van der Waals surface area contributed by atoms with Gasteiger partial charge in [0.25, 0.3) is 0 Å². The third kappa shape index (κ3) is 4.98. The number of amides is 1. The summed E-state index contributed by atoms with van der Waals surface area (Å²) in [6.45, 7) is 0. The van der Waals surface area contributed by atoms with Gasteiger partial charge < -0.3 is 5.32 Å². The molecule has 3 aromatic rings. The Morgan fingerprint density at radius 1 is 1.20 bits per heavy atom. The Balaban J connectivity index is 1.58. The molecule has 2 aromatic carbocycles. The molecule has 0 saturated carbocycles. The van der Waals surface area contributed by atoms with Crippen molar-refractivity contribution in [3.05, 3.63) is 57.0 Å². The van der Waals surface area contributed by atoms with Gasteiger partial charge in [0, 0.05) is 15.1 Å². The zero-order valence-electron chi connectivity index (χ0n) is 12.6. The lowest BCUT2D eigenvalue weighted by Crippen LogP contribution is -2.14. The van der Waals surface area contributed by atoms with Gasteiger partial charge in [-0.2, -0.15) is 0 Å².